The largest absolute Gasteiger partial charge is 0.478 e. The summed E-state index contributed by atoms with van der Waals surface area (Å²) in [5.74, 6) is -2.30. The molecule has 0 aliphatic carbocycles. The van der Waals surface area contributed by atoms with E-state index in [1.807, 2.05) is 30.3 Å². The Balaban J connectivity index is 1.91. The van der Waals surface area contributed by atoms with Crippen molar-refractivity contribution in [2.75, 3.05) is 6.54 Å². The third-order valence-corrected chi connectivity index (χ3v) is 7.10. The minimum absolute atomic E-state index is 0.189. The van der Waals surface area contributed by atoms with Crippen LogP contribution in [0.4, 0.5) is 13.2 Å². The molecule has 0 spiro atoms. The van der Waals surface area contributed by atoms with E-state index in [-0.39, 0.29) is 10.5 Å². The molecule has 3 rings (SSSR count). The average molecular weight is 502 g/mol. The Morgan fingerprint density at radius 3 is 2.52 bits per heavy atom. The number of aliphatic carboxylic acids is 1. The van der Waals surface area contributed by atoms with E-state index < -0.39 is 49.8 Å². The van der Waals surface area contributed by atoms with Gasteiger partial charge in [0.25, 0.3) is 0 Å². The summed E-state index contributed by atoms with van der Waals surface area (Å²) in [5.41, 5.74) is -0.280. The molecular weight excluding hydrogens is 483 g/mol. The summed E-state index contributed by atoms with van der Waals surface area (Å²) >= 11 is 6.05. The first-order chi connectivity index (χ1) is 15.4. The minimum atomic E-state index is -5.01. The van der Waals surface area contributed by atoms with Crippen molar-refractivity contribution in [1.82, 2.24) is 5.32 Å². The van der Waals surface area contributed by atoms with Gasteiger partial charge in [0, 0.05) is 12.1 Å². The number of nitrogens with one attached hydrogen (secondary N) is 1. The van der Waals surface area contributed by atoms with E-state index in [2.05, 4.69) is 11.9 Å². The maximum absolute atomic E-state index is 13.3. The summed E-state index contributed by atoms with van der Waals surface area (Å²) in [7, 11) is -4.11. The zero-order valence-corrected chi connectivity index (χ0v) is 18.5. The smallest absolute Gasteiger partial charge is 0.430 e. The number of hydrogen-bond acceptors (Lipinski definition) is 5. The Morgan fingerprint density at radius 2 is 1.94 bits per heavy atom. The first-order valence-corrected chi connectivity index (χ1v) is 11.5. The van der Waals surface area contributed by atoms with E-state index >= 15 is 0 Å². The topological polar surface area (TPSA) is 92.7 Å². The molecule has 33 heavy (non-hydrogen) atoms. The first kappa shape index (κ1) is 24.8. The molecule has 0 amide bonds. The Labute approximate surface area is 193 Å². The van der Waals surface area contributed by atoms with Gasteiger partial charge in [0.05, 0.1) is 15.5 Å². The van der Waals surface area contributed by atoms with Crippen LogP contribution in [0.25, 0.3) is 6.08 Å². The van der Waals surface area contributed by atoms with E-state index in [4.69, 9.17) is 16.3 Å². The highest BCUT2D eigenvalue weighted by atomic mass is 35.5. The number of alkyl halides is 3. The van der Waals surface area contributed by atoms with Crippen molar-refractivity contribution in [3.05, 3.63) is 76.8 Å². The van der Waals surface area contributed by atoms with Gasteiger partial charge in [0.15, 0.2) is 9.84 Å². The Hall–Kier alpha value is -2.82. The van der Waals surface area contributed by atoms with Crippen LogP contribution in [0.5, 0.6) is 5.75 Å². The molecule has 2 aromatic rings. The number of carboxylic acids is 1. The first-order valence-electron chi connectivity index (χ1n) is 9.60. The van der Waals surface area contributed by atoms with Crippen molar-refractivity contribution >= 4 is 33.5 Å². The van der Waals surface area contributed by atoms with Crippen molar-refractivity contribution < 1.29 is 36.2 Å². The van der Waals surface area contributed by atoms with Crippen LogP contribution in [0, 0.1) is 0 Å². The Morgan fingerprint density at radius 1 is 1.27 bits per heavy atom. The fraction of sp³-hybridized carbons (Fsp3) is 0.227. The van der Waals surface area contributed by atoms with Crippen molar-refractivity contribution in [3.8, 4) is 5.75 Å². The molecule has 11 heteroatoms. The summed E-state index contributed by atoms with van der Waals surface area (Å²) in [6.45, 7) is 3.85. The Bertz CT molecular complexity index is 1200. The third-order valence-electron chi connectivity index (χ3n) is 4.90. The lowest BCUT2D eigenvalue weighted by molar-refractivity contribution is -0.187. The second-order valence-electron chi connectivity index (χ2n) is 7.16. The summed E-state index contributed by atoms with van der Waals surface area (Å²) in [4.78, 5) is 11.0. The summed E-state index contributed by atoms with van der Waals surface area (Å²) in [5, 5.41) is 10.4. The fourth-order valence-electron chi connectivity index (χ4n) is 3.30. The lowest BCUT2D eigenvalue weighted by Crippen LogP contribution is -2.40. The summed E-state index contributed by atoms with van der Waals surface area (Å²) in [6, 6.07) is 11.4. The zero-order chi connectivity index (χ0) is 24.4. The molecule has 0 bridgehead atoms. The second kappa shape index (κ2) is 9.58. The van der Waals surface area contributed by atoms with E-state index in [9.17, 15) is 31.5 Å². The van der Waals surface area contributed by atoms with Crippen molar-refractivity contribution in [2.45, 2.75) is 29.0 Å². The highest BCUT2D eigenvalue weighted by molar-refractivity contribution is 7.92. The minimum Gasteiger partial charge on any atom is -0.478 e. The maximum atomic E-state index is 13.3. The quantitative estimate of drug-likeness (QED) is 0.525. The molecule has 0 saturated carbocycles. The van der Waals surface area contributed by atoms with Crippen LogP contribution in [0.2, 0.25) is 5.02 Å². The molecular formula is C22H19ClF3NO5S. The maximum Gasteiger partial charge on any atom is 0.430 e. The van der Waals surface area contributed by atoms with Crippen molar-refractivity contribution in [1.29, 1.82) is 0 Å². The SMILES string of the molecule is C=CC(NCCc1ccccc1)S(=O)(=O)c1cc(Cl)c2c(c1)C=C(C(=O)O)C(C(F)(F)F)O2. The number of hydrogen-bond donors (Lipinski definition) is 2. The number of carboxylic acid groups (broad SMARTS) is 1. The highest BCUT2D eigenvalue weighted by Gasteiger charge is 2.49. The lowest BCUT2D eigenvalue weighted by atomic mass is 10.0. The molecule has 176 valence electrons. The third kappa shape index (κ3) is 5.40. The molecule has 0 radical (unpaired) electrons. The van der Waals surface area contributed by atoms with Crippen LogP contribution in [0.1, 0.15) is 11.1 Å². The molecule has 0 aromatic heterocycles. The van der Waals surface area contributed by atoms with Crippen LogP contribution in [-0.4, -0.2) is 43.7 Å². The Kier molecular flexibility index (Phi) is 7.20. The number of rotatable bonds is 8. The van der Waals surface area contributed by atoms with Gasteiger partial charge in [-0.1, -0.05) is 48.0 Å². The highest BCUT2D eigenvalue weighted by Crippen LogP contribution is 2.42. The van der Waals surface area contributed by atoms with E-state index in [1.54, 1.807) is 0 Å². The van der Waals surface area contributed by atoms with Crippen LogP contribution in [0.15, 0.2) is 65.6 Å². The lowest BCUT2D eigenvalue weighted by Gasteiger charge is -2.28. The van der Waals surface area contributed by atoms with Crippen molar-refractivity contribution in [2.24, 2.45) is 0 Å². The number of benzene rings is 2. The van der Waals surface area contributed by atoms with Crippen LogP contribution in [0.3, 0.4) is 0 Å². The summed E-state index contributed by atoms with van der Waals surface area (Å²) < 4.78 is 70.9. The van der Waals surface area contributed by atoms with Gasteiger partial charge >= 0.3 is 12.1 Å². The van der Waals surface area contributed by atoms with Crippen LogP contribution >= 0.6 is 11.6 Å². The molecule has 2 N–H and O–H groups in total. The van der Waals surface area contributed by atoms with Crippen LogP contribution < -0.4 is 10.1 Å². The molecule has 2 unspecified atom stereocenters. The predicted octanol–water partition coefficient (Wildman–Crippen LogP) is 4.25. The normalized spacial score (nSPS) is 16.8. The standard InChI is InChI=1S/C22H19ClF3NO5S/c1-2-18(27-9-8-13-6-4-3-5-7-13)33(30,31)15-10-14-11-16(21(28)29)20(22(24,25)26)32-19(14)17(23)12-15/h2-7,10-12,18,20,27H,1,8-9H2,(H,28,29). The van der Waals surface area contributed by atoms with Gasteiger partial charge in [-0.2, -0.15) is 13.2 Å². The van der Waals surface area contributed by atoms with Gasteiger partial charge in [-0.05, 0) is 30.2 Å². The van der Waals surface area contributed by atoms with E-state index in [0.29, 0.717) is 13.0 Å². The molecule has 0 fully saturated rings. The van der Waals surface area contributed by atoms with E-state index in [1.165, 1.54) is 6.08 Å². The zero-order valence-electron chi connectivity index (χ0n) is 17.0. The number of carbonyl (C=O) groups is 1. The fourth-order valence-corrected chi connectivity index (χ4v) is 5.09. The number of sulfone groups is 1. The molecule has 1 aliphatic heterocycles. The number of ether oxygens (including phenoxy) is 1. The van der Waals surface area contributed by atoms with Crippen LogP contribution in [-0.2, 0) is 21.1 Å². The molecule has 2 atom stereocenters. The average Bonchev–Trinajstić information content (AvgIpc) is 2.75. The van der Waals surface area contributed by atoms with E-state index in [0.717, 1.165) is 23.8 Å². The monoisotopic (exact) mass is 501 g/mol. The van der Waals surface area contributed by atoms with Gasteiger partial charge in [0.2, 0.25) is 6.10 Å². The molecule has 6 nitrogen and oxygen atoms in total. The number of fused-ring (bicyclic) bond motifs is 1. The van der Waals surface area contributed by atoms with Crippen molar-refractivity contribution in [3.63, 3.8) is 0 Å². The molecule has 1 heterocycles. The molecule has 1 aliphatic rings. The van der Waals surface area contributed by atoms with Gasteiger partial charge < -0.3 is 9.84 Å². The molecule has 0 saturated heterocycles. The number of halogens is 4. The second-order valence-corrected chi connectivity index (χ2v) is 9.64. The van der Waals surface area contributed by atoms with Gasteiger partial charge in [-0.15, -0.1) is 6.58 Å². The van der Waals surface area contributed by atoms with Gasteiger partial charge in [-0.25, -0.2) is 13.2 Å². The van der Waals surface area contributed by atoms with Gasteiger partial charge in [-0.3, -0.25) is 5.32 Å². The molecule has 2 aromatic carbocycles. The predicted molar refractivity (Wildman–Crippen MR) is 117 cm³/mol. The van der Waals surface area contributed by atoms with Gasteiger partial charge in [0.1, 0.15) is 11.1 Å². The summed E-state index contributed by atoms with van der Waals surface area (Å²) in [6.07, 6.45) is -5.29.